The summed E-state index contributed by atoms with van der Waals surface area (Å²) in [6.07, 6.45) is 1.06. The first-order valence-electron chi connectivity index (χ1n) is 6.16. The van der Waals surface area contributed by atoms with Crippen LogP contribution in [0.4, 0.5) is 0 Å². The quantitative estimate of drug-likeness (QED) is 0.803. The molecule has 0 unspecified atom stereocenters. The number of carbonyl (C=O) groups is 1. The Labute approximate surface area is 122 Å². The summed E-state index contributed by atoms with van der Waals surface area (Å²) in [5.41, 5.74) is 0.0684. The third kappa shape index (κ3) is 6.18. The third-order valence-electron chi connectivity index (χ3n) is 2.70. The second-order valence-corrected chi connectivity index (χ2v) is 5.65. The number of hydrogen-bond acceptors (Lipinski definition) is 3. The maximum Gasteiger partial charge on any atom is 0.220 e. The molecular formula is C14H20BrNO3. The predicted octanol–water partition coefficient (Wildman–Crippen LogP) is 1.90. The van der Waals surface area contributed by atoms with Crippen LogP contribution in [0.15, 0.2) is 28.7 Å². The minimum absolute atomic E-state index is 0.0767. The molecule has 2 N–H and O–H groups in total. The van der Waals surface area contributed by atoms with Gasteiger partial charge in [-0.2, -0.15) is 0 Å². The number of carbonyl (C=O) groups excluding carboxylic acids is 1. The van der Waals surface area contributed by atoms with E-state index in [4.69, 9.17) is 4.74 Å². The molecule has 0 saturated heterocycles. The Hall–Kier alpha value is -0.910. The topological polar surface area (TPSA) is 58.6 Å². The van der Waals surface area contributed by atoms with Crippen molar-refractivity contribution in [1.29, 1.82) is 0 Å². The Morgan fingerprint density at radius 1 is 1.47 bits per heavy atom. The smallest absolute Gasteiger partial charge is 0.220 e. The summed E-state index contributed by atoms with van der Waals surface area (Å²) in [6.45, 7) is 2.01. The highest BCUT2D eigenvalue weighted by Crippen LogP contribution is 2.17. The molecule has 1 amide bonds. The summed E-state index contributed by atoms with van der Waals surface area (Å²) in [7, 11) is 1.52. The van der Waals surface area contributed by atoms with Crippen molar-refractivity contribution < 1.29 is 14.6 Å². The van der Waals surface area contributed by atoms with Gasteiger partial charge in [0.15, 0.2) is 0 Å². The fraction of sp³-hybridized carbons (Fsp3) is 0.500. The fourth-order valence-corrected chi connectivity index (χ4v) is 2.17. The lowest BCUT2D eigenvalue weighted by atomic mass is 10.1. The van der Waals surface area contributed by atoms with Crippen molar-refractivity contribution >= 4 is 21.8 Å². The van der Waals surface area contributed by atoms with E-state index < -0.39 is 5.60 Å². The number of ether oxygens (including phenoxy) is 1. The summed E-state index contributed by atoms with van der Waals surface area (Å²) in [6, 6.07) is 7.83. The summed E-state index contributed by atoms with van der Waals surface area (Å²) in [4.78, 5) is 11.7. The van der Waals surface area contributed by atoms with Crippen molar-refractivity contribution in [2.24, 2.45) is 0 Å². The first kappa shape index (κ1) is 16.1. The van der Waals surface area contributed by atoms with Gasteiger partial charge in [-0.3, -0.25) is 4.79 Å². The molecule has 0 aromatic heterocycles. The largest absolute Gasteiger partial charge is 0.386 e. The Morgan fingerprint density at radius 3 is 2.79 bits per heavy atom. The Kier molecular flexibility index (Phi) is 6.48. The molecule has 0 aliphatic rings. The number of amides is 1. The van der Waals surface area contributed by atoms with Gasteiger partial charge in [-0.1, -0.05) is 34.1 Å². The van der Waals surface area contributed by atoms with E-state index in [0.29, 0.717) is 12.8 Å². The molecule has 4 nitrogen and oxygen atoms in total. The Bertz CT molecular complexity index is 421. The first-order valence-corrected chi connectivity index (χ1v) is 6.95. The average Bonchev–Trinajstić information content (AvgIpc) is 2.35. The minimum Gasteiger partial charge on any atom is -0.386 e. The van der Waals surface area contributed by atoms with Crippen molar-refractivity contribution in [3.63, 3.8) is 0 Å². The lowest BCUT2D eigenvalue weighted by molar-refractivity contribution is -0.122. The number of rotatable bonds is 7. The molecule has 0 radical (unpaired) electrons. The molecule has 0 fully saturated rings. The summed E-state index contributed by atoms with van der Waals surface area (Å²) in [5.74, 6) is -0.0767. The van der Waals surface area contributed by atoms with E-state index in [9.17, 15) is 9.90 Å². The lowest BCUT2D eigenvalue weighted by Crippen LogP contribution is -2.43. The Balaban J connectivity index is 2.35. The highest BCUT2D eigenvalue weighted by atomic mass is 79.9. The van der Waals surface area contributed by atoms with Gasteiger partial charge in [0, 0.05) is 24.5 Å². The van der Waals surface area contributed by atoms with Gasteiger partial charge < -0.3 is 15.2 Å². The van der Waals surface area contributed by atoms with E-state index in [1.54, 1.807) is 6.92 Å². The van der Waals surface area contributed by atoms with Crippen LogP contribution in [0.2, 0.25) is 0 Å². The number of nitrogens with one attached hydrogen (secondary N) is 1. The summed E-state index contributed by atoms with van der Waals surface area (Å²) >= 11 is 3.45. The number of hydrogen-bond donors (Lipinski definition) is 2. The molecule has 0 heterocycles. The predicted molar refractivity (Wildman–Crippen MR) is 78.0 cm³/mol. The SMILES string of the molecule is COC[C@@](C)(O)CNC(=O)CCc1ccccc1Br. The second kappa shape index (κ2) is 7.62. The number of benzene rings is 1. The number of aryl methyl sites for hydroxylation is 1. The van der Waals surface area contributed by atoms with Crippen molar-refractivity contribution in [3.8, 4) is 0 Å². The second-order valence-electron chi connectivity index (χ2n) is 4.80. The monoisotopic (exact) mass is 329 g/mol. The zero-order valence-corrected chi connectivity index (χ0v) is 12.9. The molecule has 0 aliphatic heterocycles. The van der Waals surface area contributed by atoms with Gasteiger partial charge in [-0.15, -0.1) is 0 Å². The lowest BCUT2D eigenvalue weighted by Gasteiger charge is -2.22. The molecule has 1 aromatic rings. The fourth-order valence-electron chi connectivity index (χ4n) is 1.69. The van der Waals surface area contributed by atoms with Crippen LogP contribution in [0.25, 0.3) is 0 Å². The van der Waals surface area contributed by atoms with Crippen LogP contribution in [0.5, 0.6) is 0 Å². The minimum atomic E-state index is -1.03. The van der Waals surface area contributed by atoms with E-state index in [-0.39, 0.29) is 19.1 Å². The first-order chi connectivity index (χ1) is 8.94. The van der Waals surface area contributed by atoms with E-state index in [2.05, 4.69) is 21.2 Å². The molecule has 1 rings (SSSR count). The van der Waals surface area contributed by atoms with Gasteiger partial charge in [-0.25, -0.2) is 0 Å². The van der Waals surface area contributed by atoms with Gasteiger partial charge in [0.1, 0.15) is 5.60 Å². The zero-order chi connectivity index (χ0) is 14.3. The zero-order valence-electron chi connectivity index (χ0n) is 11.3. The van der Waals surface area contributed by atoms with Gasteiger partial charge in [-0.05, 0) is 25.0 Å². The normalized spacial score (nSPS) is 13.9. The van der Waals surface area contributed by atoms with Crippen LogP contribution in [-0.2, 0) is 16.0 Å². The van der Waals surface area contributed by atoms with Crippen molar-refractivity contribution in [3.05, 3.63) is 34.3 Å². The molecule has 0 saturated carbocycles. The van der Waals surface area contributed by atoms with Crippen LogP contribution in [-0.4, -0.2) is 36.9 Å². The standard InChI is InChI=1S/C14H20BrNO3/c1-14(18,10-19-2)9-16-13(17)8-7-11-5-3-4-6-12(11)15/h3-6,18H,7-10H2,1-2H3,(H,16,17)/t14-/m0/s1. The van der Waals surface area contributed by atoms with E-state index in [0.717, 1.165) is 10.0 Å². The molecule has 19 heavy (non-hydrogen) atoms. The molecule has 0 bridgehead atoms. The van der Waals surface area contributed by atoms with Crippen molar-refractivity contribution in [2.45, 2.75) is 25.4 Å². The molecular weight excluding hydrogens is 310 g/mol. The van der Waals surface area contributed by atoms with E-state index in [1.807, 2.05) is 24.3 Å². The van der Waals surface area contributed by atoms with Crippen LogP contribution >= 0.6 is 15.9 Å². The highest BCUT2D eigenvalue weighted by molar-refractivity contribution is 9.10. The van der Waals surface area contributed by atoms with Crippen LogP contribution in [0.3, 0.4) is 0 Å². The highest BCUT2D eigenvalue weighted by Gasteiger charge is 2.20. The van der Waals surface area contributed by atoms with Crippen molar-refractivity contribution in [2.75, 3.05) is 20.3 Å². The number of halogens is 1. The van der Waals surface area contributed by atoms with Gasteiger partial charge in [0.05, 0.1) is 6.61 Å². The van der Waals surface area contributed by atoms with E-state index >= 15 is 0 Å². The molecule has 1 atom stereocenters. The third-order valence-corrected chi connectivity index (χ3v) is 3.47. The number of methoxy groups -OCH3 is 1. The molecule has 106 valence electrons. The van der Waals surface area contributed by atoms with Crippen molar-refractivity contribution in [1.82, 2.24) is 5.32 Å². The van der Waals surface area contributed by atoms with E-state index in [1.165, 1.54) is 7.11 Å². The van der Waals surface area contributed by atoms with Gasteiger partial charge in [0.2, 0.25) is 5.91 Å². The van der Waals surface area contributed by atoms with Gasteiger partial charge >= 0.3 is 0 Å². The molecule has 0 spiro atoms. The Morgan fingerprint density at radius 2 is 2.16 bits per heavy atom. The average molecular weight is 330 g/mol. The van der Waals surface area contributed by atoms with Crippen LogP contribution in [0.1, 0.15) is 18.9 Å². The molecule has 5 heteroatoms. The molecule has 1 aromatic carbocycles. The molecule has 0 aliphatic carbocycles. The van der Waals surface area contributed by atoms with Crippen LogP contribution in [0, 0.1) is 0 Å². The number of aliphatic hydroxyl groups is 1. The maximum atomic E-state index is 11.7. The summed E-state index contributed by atoms with van der Waals surface area (Å²) in [5, 5.41) is 12.6. The van der Waals surface area contributed by atoms with Crippen LogP contribution < -0.4 is 5.32 Å². The summed E-state index contributed by atoms with van der Waals surface area (Å²) < 4.78 is 5.88. The maximum absolute atomic E-state index is 11.7. The van der Waals surface area contributed by atoms with Gasteiger partial charge in [0.25, 0.3) is 0 Å².